The predicted molar refractivity (Wildman–Crippen MR) is 81.1 cm³/mol. The number of hydrogen-bond donors (Lipinski definition) is 1. The first-order valence-electron chi connectivity index (χ1n) is 8.27. The normalized spacial score (nSPS) is 26.9. The molecule has 0 aromatic rings. The van der Waals surface area contributed by atoms with Crippen molar-refractivity contribution in [3.8, 4) is 0 Å². The lowest BCUT2D eigenvalue weighted by Crippen LogP contribution is -2.54. The van der Waals surface area contributed by atoms with Crippen LogP contribution >= 0.6 is 0 Å². The minimum absolute atomic E-state index is 0.108. The first kappa shape index (κ1) is 16.1. The molecule has 2 unspecified atom stereocenters. The molecule has 2 atom stereocenters. The van der Waals surface area contributed by atoms with Gasteiger partial charge in [-0.15, -0.1) is 0 Å². The maximum absolute atomic E-state index is 12.6. The predicted octanol–water partition coefficient (Wildman–Crippen LogP) is 2.80. The number of carboxylic acids is 1. The van der Waals surface area contributed by atoms with Crippen LogP contribution in [0, 0.1) is 11.8 Å². The van der Waals surface area contributed by atoms with E-state index in [9.17, 15) is 14.7 Å². The minimum Gasteiger partial charge on any atom is -0.480 e. The summed E-state index contributed by atoms with van der Waals surface area (Å²) in [5, 5.41) is 9.42. The van der Waals surface area contributed by atoms with Crippen LogP contribution < -0.4 is 0 Å². The van der Waals surface area contributed by atoms with Crippen LogP contribution in [0.3, 0.4) is 0 Å². The molecule has 21 heavy (non-hydrogen) atoms. The lowest BCUT2D eigenvalue weighted by atomic mass is 9.89. The molecule has 1 saturated carbocycles. The average molecular weight is 296 g/mol. The van der Waals surface area contributed by atoms with Crippen molar-refractivity contribution in [2.45, 2.75) is 57.9 Å². The third kappa shape index (κ3) is 3.89. The largest absolute Gasteiger partial charge is 0.480 e. The Kier molecular flexibility index (Phi) is 5.48. The van der Waals surface area contributed by atoms with Crippen molar-refractivity contribution in [2.24, 2.45) is 11.8 Å². The molecule has 5 nitrogen and oxygen atoms in total. The molecule has 2 rings (SSSR count). The Bertz CT molecular complexity index is 380. The number of rotatable bonds is 4. The number of piperidine rings is 1. The molecule has 0 radical (unpaired) electrons. The van der Waals surface area contributed by atoms with Crippen molar-refractivity contribution in [1.29, 1.82) is 0 Å². The topological polar surface area (TPSA) is 60.9 Å². The number of aliphatic carboxylic acids is 1. The molecule has 0 spiro atoms. The number of likely N-dealkylation sites (tertiary alicyclic amines) is 1. The van der Waals surface area contributed by atoms with Crippen LogP contribution in [-0.4, -0.2) is 53.1 Å². The molecular formula is C16H28N2O3. The van der Waals surface area contributed by atoms with Crippen LogP contribution in [0.5, 0.6) is 0 Å². The van der Waals surface area contributed by atoms with Crippen LogP contribution in [-0.2, 0) is 4.79 Å². The Morgan fingerprint density at radius 2 is 1.86 bits per heavy atom. The molecule has 2 aliphatic rings. The van der Waals surface area contributed by atoms with Gasteiger partial charge < -0.3 is 14.9 Å². The highest BCUT2D eigenvalue weighted by Gasteiger charge is 2.37. The van der Waals surface area contributed by atoms with Crippen LogP contribution in [0.15, 0.2) is 0 Å². The summed E-state index contributed by atoms with van der Waals surface area (Å²) >= 11 is 0. The molecule has 1 saturated heterocycles. The zero-order valence-electron chi connectivity index (χ0n) is 13.3. The number of urea groups is 1. The average Bonchev–Trinajstić information content (AvgIpc) is 2.98. The molecule has 1 aliphatic heterocycles. The maximum atomic E-state index is 12.6. The van der Waals surface area contributed by atoms with Gasteiger partial charge in [0.05, 0.1) is 0 Å². The van der Waals surface area contributed by atoms with E-state index in [0.717, 1.165) is 19.4 Å². The Morgan fingerprint density at radius 1 is 1.19 bits per heavy atom. The molecule has 120 valence electrons. The molecule has 1 N–H and O–H groups in total. The molecule has 5 heteroatoms. The van der Waals surface area contributed by atoms with Gasteiger partial charge in [0, 0.05) is 20.1 Å². The molecule has 0 bridgehead atoms. The lowest BCUT2D eigenvalue weighted by molar-refractivity contribution is -0.144. The van der Waals surface area contributed by atoms with Crippen molar-refractivity contribution in [2.75, 3.05) is 20.1 Å². The number of amides is 2. The van der Waals surface area contributed by atoms with Crippen molar-refractivity contribution in [3.63, 3.8) is 0 Å². The molecule has 0 aromatic heterocycles. The number of carbonyl (C=O) groups is 2. The van der Waals surface area contributed by atoms with Gasteiger partial charge in [0.2, 0.25) is 0 Å². The van der Waals surface area contributed by atoms with E-state index in [1.165, 1.54) is 25.7 Å². The molecule has 2 amide bonds. The number of hydrogen-bond acceptors (Lipinski definition) is 2. The number of carboxylic acid groups (broad SMARTS) is 1. The molecule has 1 heterocycles. The van der Waals surface area contributed by atoms with E-state index in [-0.39, 0.29) is 6.03 Å². The quantitative estimate of drug-likeness (QED) is 0.867. The van der Waals surface area contributed by atoms with Gasteiger partial charge in [0.1, 0.15) is 6.04 Å². The van der Waals surface area contributed by atoms with E-state index in [0.29, 0.717) is 24.8 Å². The minimum atomic E-state index is -0.865. The highest BCUT2D eigenvalue weighted by molar-refractivity contribution is 5.82. The van der Waals surface area contributed by atoms with Gasteiger partial charge >= 0.3 is 12.0 Å². The highest BCUT2D eigenvalue weighted by Crippen LogP contribution is 2.28. The third-order valence-electron chi connectivity index (χ3n) is 5.15. The van der Waals surface area contributed by atoms with Crippen molar-refractivity contribution >= 4 is 12.0 Å². The van der Waals surface area contributed by atoms with Gasteiger partial charge in [-0.1, -0.05) is 26.2 Å². The second-order valence-corrected chi connectivity index (χ2v) is 6.66. The van der Waals surface area contributed by atoms with E-state index < -0.39 is 12.0 Å². The van der Waals surface area contributed by atoms with Crippen LogP contribution in [0.4, 0.5) is 4.79 Å². The van der Waals surface area contributed by atoms with E-state index in [2.05, 4.69) is 6.92 Å². The Morgan fingerprint density at radius 3 is 2.43 bits per heavy atom. The second kappa shape index (κ2) is 7.14. The summed E-state index contributed by atoms with van der Waals surface area (Å²) in [6.45, 7) is 3.43. The molecule has 1 aliphatic carbocycles. The molecular weight excluding hydrogens is 268 g/mol. The fourth-order valence-corrected chi connectivity index (χ4v) is 3.75. The Labute approximate surface area is 127 Å². The monoisotopic (exact) mass is 296 g/mol. The smallest absolute Gasteiger partial charge is 0.326 e. The van der Waals surface area contributed by atoms with Crippen molar-refractivity contribution < 1.29 is 14.7 Å². The van der Waals surface area contributed by atoms with Crippen molar-refractivity contribution in [3.05, 3.63) is 0 Å². The fraction of sp³-hybridized carbons (Fsp3) is 0.875. The fourth-order valence-electron chi connectivity index (χ4n) is 3.75. The maximum Gasteiger partial charge on any atom is 0.326 e. The second-order valence-electron chi connectivity index (χ2n) is 6.66. The SMILES string of the molecule is CCC1CCN(C(=O)N(C)CC2CCCC2)C(C(=O)O)C1. The zero-order chi connectivity index (χ0) is 15.4. The summed E-state index contributed by atoms with van der Waals surface area (Å²) in [7, 11) is 1.81. The lowest BCUT2D eigenvalue weighted by Gasteiger charge is -2.39. The standard InChI is InChI=1S/C16H28N2O3/c1-3-12-8-9-18(14(10-12)15(19)20)16(21)17(2)11-13-6-4-5-7-13/h12-14H,3-11H2,1-2H3,(H,19,20). The van der Waals surface area contributed by atoms with E-state index in [1.807, 2.05) is 7.05 Å². The third-order valence-corrected chi connectivity index (χ3v) is 5.15. The Hall–Kier alpha value is -1.26. The van der Waals surface area contributed by atoms with Gasteiger partial charge in [0.25, 0.3) is 0 Å². The van der Waals surface area contributed by atoms with E-state index in [4.69, 9.17) is 0 Å². The van der Waals surface area contributed by atoms with E-state index >= 15 is 0 Å². The summed E-state index contributed by atoms with van der Waals surface area (Å²) in [5.74, 6) is 0.154. The van der Waals surface area contributed by atoms with Crippen LogP contribution in [0.25, 0.3) is 0 Å². The summed E-state index contributed by atoms with van der Waals surface area (Å²) < 4.78 is 0. The van der Waals surface area contributed by atoms with E-state index in [1.54, 1.807) is 9.80 Å². The zero-order valence-corrected chi connectivity index (χ0v) is 13.3. The number of carbonyl (C=O) groups excluding carboxylic acids is 1. The van der Waals surface area contributed by atoms with Gasteiger partial charge in [-0.2, -0.15) is 0 Å². The van der Waals surface area contributed by atoms with Gasteiger partial charge in [0.15, 0.2) is 0 Å². The van der Waals surface area contributed by atoms with Crippen LogP contribution in [0.2, 0.25) is 0 Å². The van der Waals surface area contributed by atoms with Gasteiger partial charge in [-0.25, -0.2) is 9.59 Å². The summed E-state index contributed by atoms with van der Waals surface area (Å²) in [5.41, 5.74) is 0. The van der Waals surface area contributed by atoms with Gasteiger partial charge in [-0.3, -0.25) is 0 Å². The van der Waals surface area contributed by atoms with Crippen molar-refractivity contribution in [1.82, 2.24) is 9.80 Å². The molecule has 0 aromatic carbocycles. The summed E-state index contributed by atoms with van der Waals surface area (Å²) in [6.07, 6.45) is 7.40. The highest BCUT2D eigenvalue weighted by atomic mass is 16.4. The summed E-state index contributed by atoms with van der Waals surface area (Å²) in [4.78, 5) is 27.4. The molecule has 2 fully saturated rings. The van der Waals surface area contributed by atoms with Gasteiger partial charge in [-0.05, 0) is 37.5 Å². The Balaban J connectivity index is 1.96. The summed E-state index contributed by atoms with van der Waals surface area (Å²) in [6, 6.07) is -0.758. The number of nitrogens with zero attached hydrogens (tertiary/aromatic N) is 2. The first-order chi connectivity index (χ1) is 10.0. The van der Waals surface area contributed by atoms with Crippen LogP contribution in [0.1, 0.15) is 51.9 Å². The first-order valence-corrected chi connectivity index (χ1v) is 8.27.